The van der Waals surface area contributed by atoms with Gasteiger partial charge in [0.05, 0.1) is 45.4 Å². The number of halogens is 1. The zero-order valence-corrected chi connectivity index (χ0v) is 21.5. The van der Waals surface area contributed by atoms with Crippen LogP contribution < -0.4 is 19.5 Å². The summed E-state index contributed by atoms with van der Waals surface area (Å²) in [5.74, 6) is -0.832. The fraction of sp³-hybridized carbons (Fsp3) is 0.407. The van der Waals surface area contributed by atoms with E-state index in [-0.39, 0.29) is 5.57 Å². The van der Waals surface area contributed by atoms with Crippen molar-refractivity contribution in [3.8, 4) is 11.5 Å². The third kappa shape index (κ3) is 5.80. The molecule has 0 aliphatic carbocycles. The second-order valence-corrected chi connectivity index (χ2v) is 8.70. The molecule has 0 aromatic heterocycles. The van der Waals surface area contributed by atoms with Gasteiger partial charge in [-0.15, -0.1) is 0 Å². The van der Waals surface area contributed by atoms with Crippen LogP contribution in [0.5, 0.6) is 11.5 Å². The van der Waals surface area contributed by atoms with Crippen LogP contribution in [0.15, 0.2) is 48.0 Å². The van der Waals surface area contributed by atoms with Crippen molar-refractivity contribution in [2.24, 2.45) is 0 Å². The Morgan fingerprint density at radius 2 is 1.60 bits per heavy atom. The lowest BCUT2D eigenvalue weighted by Crippen LogP contribution is -3.12. The van der Waals surface area contributed by atoms with Crippen LogP contribution in [-0.2, 0) is 9.59 Å². The normalized spacial score (nSPS) is 17.3. The van der Waals surface area contributed by atoms with Crippen LogP contribution in [0.25, 0.3) is 5.76 Å². The monoisotopic (exact) mass is 500 g/mol. The first-order valence-corrected chi connectivity index (χ1v) is 12.5. The molecule has 1 aliphatic rings. The summed E-state index contributed by atoms with van der Waals surface area (Å²) in [4.78, 5) is 29.2. The summed E-state index contributed by atoms with van der Waals surface area (Å²) in [5, 5.41) is 14.0. The summed E-state index contributed by atoms with van der Waals surface area (Å²) < 4.78 is 11.5. The minimum atomic E-state index is -0.817. The molecule has 2 aromatic carbocycles. The molecule has 0 bridgehead atoms. The van der Waals surface area contributed by atoms with E-state index in [9.17, 15) is 14.7 Å². The standard InChI is InChI=1S/C27H33ClN2O5/c1-5-29(6-2)15-16-30-24(19-11-14-21(34-7-3)22(17-19)35-8-4)23(26(32)27(30)33)25(31)18-9-12-20(28)13-10-18/h9-14,17,24,31H,5-8,15-16H2,1-4H3. The van der Waals surface area contributed by atoms with E-state index in [4.69, 9.17) is 21.1 Å². The molecule has 1 atom stereocenters. The minimum absolute atomic E-state index is 0.0570. The van der Waals surface area contributed by atoms with Gasteiger partial charge in [0.1, 0.15) is 0 Å². The largest absolute Gasteiger partial charge is 0.872 e. The third-order valence-electron chi connectivity index (χ3n) is 6.23. The summed E-state index contributed by atoms with van der Waals surface area (Å²) in [5.41, 5.74) is 0.879. The topological polar surface area (TPSA) is 83.3 Å². The SMILES string of the molecule is CCOc1ccc(C2C(=C([O-])c3ccc(Cl)cc3)C(=O)C(=O)N2CC[NH+](CC)CC)cc1OCC. The van der Waals surface area contributed by atoms with Crippen LogP contribution >= 0.6 is 11.6 Å². The van der Waals surface area contributed by atoms with Gasteiger partial charge in [0.15, 0.2) is 11.5 Å². The molecule has 1 aliphatic heterocycles. The molecule has 1 amide bonds. The maximum Gasteiger partial charge on any atom is 0.295 e. The van der Waals surface area contributed by atoms with E-state index in [0.717, 1.165) is 13.1 Å². The number of hydrogen-bond donors (Lipinski definition) is 1. The van der Waals surface area contributed by atoms with Crippen LogP contribution in [0.3, 0.4) is 0 Å². The maximum absolute atomic E-state index is 13.5. The van der Waals surface area contributed by atoms with Crippen molar-refractivity contribution >= 4 is 29.1 Å². The number of Topliss-reactive ketones (excluding diaryl/α,β-unsaturated/α-hetero) is 1. The molecule has 0 saturated carbocycles. The van der Waals surface area contributed by atoms with E-state index in [1.807, 2.05) is 13.8 Å². The predicted molar refractivity (Wildman–Crippen MR) is 134 cm³/mol. The molecule has 1 unspecified atom stereocenters. The molecule has 1 fully saturated rings. The van der Waals surface area contributed by atoms with Crippen molar-refractivity contribution in [2.75, 3.05) is 39.4 Å². The molecule has 7 nitrogen and oxygen atoms in total. The molecule has 2 aromatic rings. The fourth-order valence-electron chi connectivity index (χ4n) is 4.32. The Morgan fingerprint density at radius 3 is 2.20 bits per heavy atom. The molecule has 0 spiro atoms. The minimum Gasteiger partial charge on any atom is -0.872 e. The van der Waals surface area contributed by atoms with E-state index in [1.54, 1.807) is 42.5 Å². The van der Waals surface area contributed by atoms with E-state index >= 15 is 0 Å². The number of likely N-dealkylation sites (N-methyl/N-ethyl adjacent to an activating group) is 1. The number of ether oxygens (including phenoxy) is 2. The molecule has 8 heteroatoms. The lowest BCUT2D eigenvalue weighted by Gasteiger charge is -2.29. The van der Waals surface area contributed by atoms with Crippen molar-refractivity contribution in [3.63, 3.8) is 0 Å². The van der Waals surface area contributed by atoms with E-state index < -0.39 is 23.5 Å². The summed E-state index contributed by atoms with van der Waals surface area (Å²) in [6, 6.07) is 10.8. The number of amides is 1. The summed E-state index contributed by atoms with van der Waals surface area (Å²) >= 11 is 5.99. The Kier molecular flexibility index (Phi) is 9.18. The van der Waals surface area contributed by atoms with Gasteiger partial charge < -0.3 is 24.4 Å². The number of nitrogens with one attached hydrogen (secondary N) is 1. The second-order valence-electron chi connectivity index (χ2n) is 8.26. The summed E-state index contributed by atoms with van der Waals surface area (Å²) in [6.45, 7) is 11.6. The van der Waals surface area contributed by atoms with Crippen molar-refractivity contribution in [1.82, 2.24) is 4.90 Å². The van der Waals surface area contributed by atoms with E-state index in [2.05, 4.69) is 13.8 Å². The van der Waals surface area contributed by atoms with Gasteiger partial charge >= 0.3 is 0 Å². The number of carbonyl (C=O) groups excluding carboxylic acids is 2. The van der Waals surface area contributed by atoms with Crippen LogP contribution in [0.2, 0.25) is 5.02 Å². The molecule has 35 heavy (non-hydrogen) atoms. The number of carbonyl (C=O) groups is 2. The second kappa shape index (κ2) is 12.1. The molecule has 188 valence electrons. The Morgan fingerprint density at radius 1 is 0.971 bits per heavy atom. The van der Waals surface area contributed by atoms with Crippen LogP contribution in [0.4, 0.5) is 0 Å². The number of benzene rings is 2. The first kappa shape index (κ1) is 26.6. The molecule has 3 rings (SSSR count). The smallest absolute Gasteiger partial charge is 0.295 e. The Labute approximate surface area is 211 Å². The van der Waals surface area contributed by atoms with Crippen LogP contribution in [0.1, 0.15) is 44.9 Å². The average Bonchev–Trinajstić information content (AvgIpc) is 3.11. The average molecular weight is 501 g/mol. The molecule has 1 saturated heterocycles. The molecule has 1 N–H and O–H groups in total. The number of nitrogens with zero attached hydrogens (tertiary/aromatic N) is 1. The van der Waals surface area contributed by atoms with Gasteiger partial charge in [-0.3, -0.25) is 9.59 Å². The van der Waals surface area contributed by atoms with Crippen LogP contribution in [-0.4, -0.2) is 56.0 Å². The van der Waals surface area contributed by atoms with Gasteiger partial charge in [0.25, 0.3) is 5.91 Å². The zero-order chi connectivity index (χ0) is 25.5. The fourth-order valence-corrected chi connectivity index (χ4v) is 4.45. The van der Waals surface area contributed by atoms with Gasteiger partial charge in [-0.05, 0) is 63.1 Å². The zero-order valence-electron chi connectivity index (χ0n) is 20.7. The highest BCUT2D eigenvalue weighted by Crippen LogP contribution is 2.41. The van der Waals surface area contributed by atoms with Crippen molar-refractivity contribution in [2.45, 2.75) is 33.7 Å². The first-order valence-electron chi connectivity index (χ1n) is 12.1. The van der Waals surface area contributed by atoms with Crippen molar-refractivity contribution in [1.29, 1.82) is 0 Å². The van der Waals surface area contributed by atoms with Crippen molar-refractivity contribution in [3.05, 3.63) is 64.2 Å². The number of quaternary nitrogens is 1. The lowest BCUT2D eigenvalue weighted by molar-refractivity contribution is -0.895. The third-order valence-corrected chi connectivity index (χ3v) is 6.48. The molecular weight excluding hydrogens is 468 g/mol. The van der Waals surface area contributed by atoms with Gasteiger partial charge in [0.2, 0.25) is 5.78 Å². The lowest BCUT2D eigenvalue weighted by atomic mass is 9.95. The van der Waals surface area contributed by atoms with E-state index in [0.29, 0.717) is 54.0 Å². The number of likely N-dealkylation sites (tertiary alicyclic amines) is 1. The Balaban J connectivity index is 2.14. The number of ketones is 1. The summed E-state index contributed by atoms with van der Waals surface area (Å²) in [7, 11) is 0. The van der Waals surface area contributed by atoms with Gasteiger partial charge in [-0.2, -0.15) is 0 Å². The maximum atomic E-state index is 13.5. The number of hydrogen-bond acceptors (Lipinski definition) is 5. The highest BCUT2D eigenvalue weighted by molar-refractivity contribution is 6.46. The van der Waals surface area contributed by atoms with Crippen molar-refractivity contribution < 1.29 is 29.1 Å². The highest BCUT2D eigenvalue weighted by atomic mass is 35.5. The molecule has 0 radical (unpaired) electrons. The van der Waals surface area contributed by atoms with Crippen LogP contribution in [0, 0.1) is 0 Å². The number of rotatable bonds is 11. The van der Waals surface area contributed by atoms with Gasteiger partial charge in [0, 0.05) is 10.6 Å². The Hall–Kier alpha value is -3.03. The first-order chi connectivity index (χ1) is 16.9. The van der Waals surface area contributed by atoms with Gasteiger partial charge in [-0.1, -0.05) is 35.6 Å². The Bertz CT molecular complexity index is 1080. The molecular formula is C27H33ClN2O5. The van der Waals surface area contributed by atoms with E-state index in [1.165, 1.54) is 9.80 Å². The van der Waals surface area contributed by atoms with Gasteiger partial charge in [-0.25, -0.2) is 0 Å². The summed E-state index contributed by atoms with van der Waals surface area (Å²) in [6.07, 6.45) is 0. The highest BCUT2D eigenvalue weighted by Gasteiger charge is 2.44. The molecule has 1 heterocycles. The quantitative estimate of drug-likeness (QED) is 0.291. The predicted octanol–water partition coefficient (Wildman–Crippen LogP) is 2.29.